The van der Waals surface area contributed by atoms with E-state index >= 15 is 0 Å². The molecule has 2 heterocycles. The fourth-order valence-electron chi connectivity index (χ4n) is 2.66. The van der Waals surface area contributed by atoms with E-state index < -0.39 is 0 Å². The highest BCUT2D eigenvalue weighted by molar-refractivity contribution is 5.76. The quantitative estimate of drug-likeness (QED) is 0.849. The number of nitrogens with zero attached hydrogens (tertiary/aromatic N) is 4. The number of nitrogens with one attached hydrogen (secondary N) is 1. The highest BCUT2D eigenvalue weighted by Crippen LogP contribution is 2.41. The Labute approximate surface area is 130 Å². The van der Waals surface area contributed by atoms with Gasteiger partial charge in [-0.15, -0.1) is 0 Å². The van der Waals surface area contributed by atoms with E-state index in [0.29, 0.717) is 18.9 Å². The van der Waals surface area contributed by atoms with Crippen molar-refractivity contribution in [2.45, 2.75) is 45.2 Å². The van der Waals surface area contributed by atoms with Gasteiger partial charge < -0.3 is 5.32 Å². The summed E-state index contributed by atoms with van der Waals surface area (Å²) in [7, 11) is 0. The number of rotatable bonds is 7. The van der Waals surface area contributed by atoms with Crippen LogP contribution in [0.15, 0.2) is 31.0 Å². The van der Waals surface area contributed by atoms with E-state index in [-0.39, 0.29) is 11.9 Å². The number of aromatic nitrogens is 4. The Morgan fingerprint density at radius 1 is 1.50 bits per heavy atom. The summed E-state index contributed by atoms with van der Waals surface area (Å²) in [5, 5.41) is 7.20. The van der Waals surface area contributed by atoms with Crippen LogP contribution in [0.5, 0.6) is 0 Å². The molecule has 3 rings (SSSR count). The van der Waals surface area contributed by atoms with E-state index in [0.717, 1.165) is 17.7 Å². The molecular weight excluding hydrogens is 278 g/mol. The summed E-state index contributed by atoms with van der Waals surface area (Å²) in [6.45, 7) is 2.76. The van der Waals surface area contributed by atoms with Gasteiger partial charge in [0, 0.05) is 19.2 Å². The van der Waals surface area contributed by atoms with E-state index in [2.05, 4.69) is 33.4 Å². The van der Waals surface area contributed by atoms with Crippen molar-refractivity contribution >= 4 is 5.91 Å². The lowest BCUT2D eigenvalue weighted by Gasteiger charge is -2.19. The first kappa shape index (κ1) is 14.7. The Kier molecular flexibility index (Phi) is 4.46. The molecule has 1 fully saturated rings. The van der Waals surface area contributed by atoms with Crippen molar-refractivity contribution in [3.63, 3.8) is 0 Å². The number of carbonyl (C=O) groups is 1. The number of carbonyl (C=O) groups excluding carboxylic acids is 1. The molecule has 6 nitrogen and oxygen atoms in total. The number of pyridine rings is 1. The molecule has 0 unspecified atom stereocenters. The second-order valence-corrected chi connectivity index (χ2v) is 5.85. The number of hydrogen-bond acceptors (Lipinski definition) is 4. The molecule has 1 atom stereocenters. The molecule has 1 aliphatic rings. The normalized spacial score (nSPS) is 15.5. The molecule has 1 amide bonds. The van der Waals surface area contributed by atoms with Crippen molar-refractivity contribution < 1.29 is 4.79 Å². The maximum absolute atomic E-state index is 12.2. The zero-order chi connectivity index (χ0) is 15.4. The van der Waals surface area contributed by atoms with Gasteiger partial charge >= 0.3 is 0 Å². The van der Waals surface area contributed by atoms with Crippen molar-refractivity contribution in [1.82, 2.24) is 25.1 Å². The molecular formula is C16H21N5O. The van der Waals surface area contributed by atoms with Gasteiger partial charge in [-0.25, -0.2) is 4.98 Å². The molecule has 0 spiro atoms. The van der Waals surface area contributed by atoms with E-state index in [9.17, 15) is 4.79 Å². The molecule has 0 aromatic carbocycles. The molecule has 2 aromatic heterocycles. The zero-order valence-electron chi connectivity index (χ0n) is 12.8. The largest absolute Gasteiger partial charge is 0.347 e. The molecule has 116 valence electrons. The van der Waals surface area contributed by atoms with Gasteiger partial charge in [-0.3, -0.25) is 14.5 Å². The first-order chi connectivity index (χ1) is 10.7. The molecule has 0 bridgehead atoms. The van der Waals surface area contributed by atoms with Gasteiger partial charge in [0.25, 0.3) is 0 Å². The van der Waals surface area contributed by atoms with E-state index in [4.69, 9.17) is 0 Å². The third kappa shape index (κ3) is 3.69. The van der Waals surface area contributed by atoms with E-state index in [1.807, 2.05) is 6.07 Å². The minimum absolute atomic E-state index is 0.0556. The second-order valence-electron chi connectivity index (χ2n) is 5.85. The van der Waals surface area contributed by atoms with Crippen molar-refractivity contribution in [3.05, 3.63) is 42.2 Å². The van der Waals surface area contributed by atoms with Gasteiger partial charge in [-0.2, -0.15) is 5.10 Å². The van der Waals surface area contributed by atoms with Crippen LogP contribution in [0.4, 0.5) is 0 Å². The maximum atomic E-state index is 12.2. The molecule has 1 saturated carbocycles. The fourth-order valence-corrected chi connectivity index (χ4v) is 2.66. The lowest BCUT2D eigenvalue weighted by Crippen LogP contribution is -2.31. The van der Waals surface area contributed by atoms with Gasteiger partial charge in [0.1, 0.15) is 12.7 Å². The van der Waals surface area contributed by atoms with Crippen LogP contribution in [0.1, 0.15) is 43.0 Å². The van der Waals surface area contributed by atoms with Gasteiger partial charge in [0.15, 0.2) is 0 Å². The van der Waals surface area contributed by atoms with Gasteiger partial charge in [0.2, 0.25) is 5.91 Å². The molecule has 0 saturated heterocycles. The van der Waals surface area contributed by atoms with E-state index in [1.165, 1.54) is 19.2 Å². The maximum Gasteiger partial charge on any atom is 0.220 e. The predicted octanol–water partition coefficient (Wildman–Crippen LogP) is 2.03. The monoisotopic (exact) mass is 299 g/mol. The standard InChI is InChI=1S/C16H21N5O/c1-12-4-2-8-18-15(12)16(13-6-7-13)20-14(22)5-3-9-21-11-17-10-19-21/h2,4,8,10-11,13,16H,3,5-7,9H2,1H3,(H,20,22)/t16-/m1/s1. The molecule has 6 heteroatoms. The average Bonchev–Trinajstić information content (AvgIpc) is 3.23. The lowest BCUT2D eigenvalue weighted by atomic mass is 10.0. The van der Waals surface area contributed by atoms with Gasteiger partial charge in [-0.1, -0.05) is 6.07 Å². The Morgan fingerprint density at radius 2 is 2.36 bits per heavy atom. The van der Waals surface area contributed by atoms with Crippen LogP contribution in [0.3, 0.4) is 0 Å². The summed E-state index contributed by atoms with van der Waals surface area (Å²) >= 11 is 0. The Hall–Kier alpha value is -2.24. The zero-order valence-corrected chi connectivity index (χ0v) is 12.8. The van der Waals surface area contributed by atoms with E-state index in [1.54, 1.807) is 17.2 Å². The summed E-state index contributed by atoms with van der Waals surface area (Å²) in [5.74, 6) is 0.620. The Bertz CT molecular complexity index is 621. The van der Waals surface area contributed by atoms with Crippen LogP contribution in [-0.2, 0) is 11.3 Å². The number of aryl methyl sites for hydroxylation is 2. The van der Waals surface area contributed by atoms with Crippen molar-refractivity contribution in [2.75, 3.05) is 0 Å². The van der Waals surface area contributed by atoms with Crippen LogP contribution in [0.25, 0.3) is 0 Å². The minimum Gasteiger partial charge on any atom is -0.347 e. The van der Waals surface area contributed by atoms with Gasteiger partial charge in [0.05, 0.1) is 11.7 Å². The van der Waals surface area contributed by atoms with Crippen LogP contribution >= 0.6 is 0 Å². The number of amides is 1. The minimum atomic E-state index is 0.0556. The molecule has 1 N–H and O–H groups in total. The summed E-state index contributed by atoms with van der Waals surface area (Å²) < 4.78 is 1.74. The van der Waals surface area contributed by atoms with Crippen molar-refractivity contribution in [3.8, 4) is 0 Å². The third-order valence-corrected chi connectivity index (χ3v) is 4.01. The smallest absolute Gasteiger partial charge is 0.220 e. The highest BCUT2D eigenvalue weighted by Gasteiger charge is 2.34. The van der Waals surface area contributed by atoms with Gasteiger partial charge in [-0.05, 0) is 43.7 Å². The predicted molar refractivity (Wildman–Crippen MR) is 81.8 cm³/mol. The molecule has 2 aromatic rings. The topological polar surface area (TPSA) is 72.7 Å². The summed E-state index contributed by atoms with van der Waals surface area (Å²) in [6, 6.07) is 4.04. The lowest BCUT2D eigenvalue weighted by molar-refractivity contribution is -0.122. The highest BCUT2D eigenvalue weighted by atomic mass is 16.1. The average molecular weight is 299 g/mol. The molecule has 22 heavy (non-hydrogen) atoms. The van der Waals surface area contributed by atoms with Crippen molar-refractivity contribution in [1.29, 1.82) is 0 Å². The van der Waals surface area contributed by atoms with Crippen molar-refractivity contribution in [2.24, 2.45) is 5.92 Å². The summed E-state index contributed by atoms with van der Waals surface area (Å²) in [4.78, 5) is 20.6. The Balaban J connectivity index is 1.55. The fraction of sp³-hybridized carbons (Fsp3) is 0.500. The summed E-state index contributed by atoms with van der Waals surface area (Å²) in [5.41, 5.74) is 2.15. The SMILES string of the molecule is Cc1cccnc1[C@H](NC(=O)CCCn1cncn1)C1CC1. The van der Waals surface area contributed by atoms with Crippen LogP contribution in [0, 0.1) is 12.8 Å². The van der Waals surface area contributed by atoms with Crippen LogP contribution < -0.4 is 5.32 Å². The second kappa shape index (κ2) is 6.68. The Morgan fingerprint density at radius 3 is 3.05 bits per heavy atom. The first-order valence-corrected chi connectivity index (χ1v) is 7.77. The molecule has 1 aliphatic carbocycles. The number of hydrogen-bond donors (Lipinski definition) is 1. The molecule has 0 aliphatic heterocycles. The summed E-state index contributed by atoms with van der Waals surface area (Å²) in [6.07, 6.45) is 8.56. The van der Waals surface area contributed by atoms with Crippen LogP contribution in [-0.4, -0.2) is 25.7 Å². The molecule has 0 radical (unpaired) electrons. The van der Waals surface area contributed by atoms with Crippen LogP contribution in [0.2, 0.25) is 0 Å². The third-order valence-electron chi connectivity index (χ3n) is 4.01. The first-order valence-electron chi connectivity index (χ1n) is 7.77.